The van der Waals surface area contributed by atoms with Gasteiger partial charge < -0.3 is 4.74 Å². The van der Waals surface area contributed by atoms with Crippen molar-refractivity contribution in [2.24, 2.45) is 0 Å². The number of hydrogen-bond donors (Lipinski definition) is 0. The van der Waals surface area contributed by atoms with Crippen LogP contribution in [0.2, 0.25) is 6.82 Å². The summed E-state index contributed by atoms with van der Waals surface area (Å²) >= 11 is 0. The Morgan fingerprint density at radius 3 is 2.83 bits per heavy atom. The predicted octanol–water partition coefficient (Wildman–Crippen LogP) is 0.728. The normalized spacial score (nSPS) is 9.83. The molecule has 0 bridgehead atoms. The van der Waals surface area contributed by atoms with E-state index in [0.29, 0.717) is 6.61 Å². The van der Waals surface area contributed by atoms with Gasteiger partial charge in [0.1, 0.15) is 0 Å². The van der Waals surface area contributed by atoms with Crippen molar-refractivity contribution < 1.29 is 4.74 Å². The van der Waals surface area contributed by atoms with Gasteiger partial charge in [-0.1, -0.05) is 18.4 Å². The van der Waals surface area contributed by atoms with E-state index in [0.717, 1.165) is 19.6 Å². The lowest BCUT2D eigenvalue weighted by Gasteiger charge is -2.00. The summed E-state index contributed by atoms with van der Waals surface area (Å²) in [7, 11) is 1.04. The molecule has 0 aliphatic carbocycles. The van der Waals surface area contributed by atoms with Crippen LogP contribution in [0, 0.1) is 0 Å². The van der Waals surface area contributed by atoms with Crippen LogP contribution in [0.5, 0.6) is 0 Å². The summed E-state index contributed by atoms with van der Waals surface area (Å²) in [6.07, 6.45) is 1.91. The Morgan fingerprint density at radius 2 is 2.33 bits per heavy atom. The molecule has 12 heavy (non-hydrogen) atoms. The molecule has 0 aliphatic rings. The lowest BCUT2D eigenvalue weighted by atomic mass is 9.74. The standard InChI is InChI=1S/C9H14BNO/c1-3-12-7-9-5-4-8(10-2)6-11-9/h4-6,10H,3,7H2,1-2H3. The molecule has 0 fully saturated rings. The molecule has 0 saturated heterocycles. The number of hydrogen-bond acceptors (Lipinski definition) is 2. The summed E-state index contributed by atoms with van der Waals surface area (Å²) in [5.41, 5.74) is 2.28. The summed E-state index contributed by atoms with van der Waals surface area (Å²) in [6, 6.07) is 4.12. The molecule has 0 radical (unpaired) electrons. The minimum atomic E-state index is 0.625. The van der Waals surface area contributed by atoms with Gasteiger partial charge in [0.25, 0.3) is 0 Å². The van der Waals surface area contributed by atoms with Crippen molar-refractivity contribution in [1.29, 1.82) is 0 Å². The van der Waals surface area contributed by atoms with Gasteiger partial charge in [0.05, 0.1) is 12.3 Å². The Bertz CT molecular complexity index is 222. The first-order valence-electron chi connectivity index (χ1n) is 4.38. The zero-order valence-electron chi connectivity index (χ0n) is 7.71. The average Bonchev–Trinajstić information content (AvgIpc) is 2.15. The van der Waals surface area contributed by atoms with Crippen molar-refractivity contribution in [3.63, 3.8) is 0 Å². The quantitative estimate of drug-likeness (QED) is 0.610. The number of rotatable bonds is 4. The van der Waals surface area contributed by atoms with Gasteiger partial charge in [-0.2, -0.15) is 0 Å². The lowest BCUT2D eigenvalue weighted by Crippen LogP contribution is -2.11. The summed E-state index contributed by atoms with van der Waals surface area (Å²) in [5, 5.41) is 0. The van der Waals surface area contributed by atoms with E-state index in [1.54, 1.807) is 0 Å². The topological polar surface area (TPSA) is 22.1 Å². The highest BCUT2D eigenvalue weighted by atomic mass is 16.5. The molecular formula is C9H14BNO. The van der Waals surface area contributed by atoms with Gasteiger partial charge >= 0.3 is 0 Å². The molecule has 1 aromatic heterocycles. The minimum Gasteiger partial charge on any atom is -0.375 e. The van der Waals surface area contributed by atoms with Crippen LogP contribution in [0.3, 0.4) is 0 Å². The molecule has 3 heteroatoms. The van der Waals surface area contributed by atoms with Gasteiger partial charge in [-0.3, -0.25) is 4.98 Å². The van der Waals surface area contributed by atoms with Crippen molar-refractivity contribution in [3.05, 3.63) is 24.0 Å². The average molecular weight is 163 g/mol. The highest BCUT2D eigenvalue weighted by molar-refractivity contribution is 6.51. The highest BCUT2D eigenvalue weighted by Crippen LogP contribution is 1.93. The third-order valence-electron chi connectivity index (χ3n) is 1.75. The van der Waals surface area contributed by atoms with E-state index in [1.165, 1.54) is 5.46 Å². The van der Waals surface area contributed by atoms with Crippen LogP contribution in [0.1, 0.15) is 12.6 Å². The Labute approximate surface area is 74.2 Å². The minimum absolute atomic E-state index is 0.625. The first kappa shape index (κ1) is 9.26. The fourth-order valence-corrected chi connectivity index (χ4v) is 0.956. The summed E-state index contributed by atoms with van der Waals surface area (Å²) < 4.78 is 5.23. The number of ether oxygens (including phenoxy) is 1. The predicted molar refractivity (Wildman–Crippen MR) is 52.2 cm³/mol. The van der Waals surface area contributed by atoms with Gasteiger partial charge in [0, 0.05) is 12.8 Å². The van der Waals surface area contributed by atoms with E-state index in [-0.39, 0.29) is 0 Å². The van der Waals surface area contributed by atoms with Crippen LogP contribution in [0.4, 0.5) is 0 Å². The van der Waals surface area contributed by atoms with E-state index in [4.69, 9.17) is 4.74 Å². The van der Waals surface area contributed by atoms with Crippen LogP contribution >= 0.6 is 0 Å². The zero-order valence-corrected chi connectivity index (χ0v) is 7.71. The van der Waals surface area contributed by atoms with Crippen molar-refractivity contribution >= 4 is 12.7 Å². The third kappa shape index (κ3) is 2.66. The number of aromatic nitrogens is 1. The van der Waals surface area contributed by atoms with Crippen LogP contribution in [-0.4, -0.2) is 18.9 Å². The third-order valence-corrected chi connectivity index (χ3v) is 1.75. The second-order valence-electron chi connectivity index (χ2n) is 2.65. The molecule has 1 aromatic rings. The largest absolute Gasteiger partial charge is 0.375 e. The molecule has 0 saturated carbocycles. The van der Waals surface area contributed by atoms with Crippen LogP contribution in [0.25, 0.3) is 0 Å². The van der Waals surface area contributed by atoms with Crippen LogP contribution in [-0.2, 0) is 11.3 Å². The maximum absolute atomic E-state index is 5.23. The molecule has 0 spiro atoms. The molecule has 64 valence electrons. The SMILES string of the molecule is CBc1ccc(COCC)nc1. The summed E-state index contributed by atoms with van der Waals surface area (Å²) in [6.45, 7) is 5.48. The molecule has 1 heterocycles. The molecule has 2 nitrogen and oxygen atoms in total. The van der Waals surface area contributed by atoms with Gasteiger partial charge in [0.2, 0.25) is 0 Å². The maximum atomic E-state index is 5.23. The first-order valence-corrected chi connectivity index (χ1v) is 4.38. The van der Waals surface area contributed by atoms with Crippen molar-refractivity contribution in [2.75, 3.05) is 6.61 Å². The van der Waals surface area contributed by atoms with E-state index in [2.05, 4.69) is 17.9 Å². The molecule has 0 atom stereocenters. The van der Waals surface area contributed by atoms with Crippen molar-refractivity contribution in [3.8, 4) is 0 Å². The fourth-order valence-electron chi connectivity index (χ4n) is 0.956. The van der Waals surface area contributed by atoms with Gasteiger partial charge in [-0.05, 0) is 13.0 Å². The Morgan fingerprint density at radius 1 is 1.50 bits per heavy atom. The van der Waals surface area contributed by atoms with E-state index >= 15 is 0 Å². The van der Waals surface area contributed by atoms with Crippen LogP contribution in [0.15, 0.2) is 18.3 Å². The Balaban J connectivity index is 2.53. The Kier molecular flexibility index (Phi) is 3.81. The molecule has 0 N–H and O–H groups in total. The van der Waals surface area contributed by atoms with Gasteiger partial charge in [-0.15, -0.1) is 0 Å². The monoisotopic (exact) mass is 163 g/mol. The van der Waals surface area contributed by atoms with E-state index in [9.17, 15) is 0 Å². The second kappa shape index (κ2) is 4.93. The summed E-state index contributed by atoms with van der Waals surface area (Å²) in [4.78, 5) is 4.26. The maximum Gasteiger partial charge on any atom is 0.156 e. The van der Waals surface area contributed by atoms with Crippen LogP contribution < -0.4 is 5.46 Å². The molecular weight excluding hydrogens is 149 g/mol. The first-order chi connectivity index (χ1) is 5.86. The number of pyridine rings is 1. The summed E-state index contributed by atoms with van der Waals surface area (Å²) in [5.74, 6) is 0. The van der Waals surface area contributed by atoms with Crippen molar-refractivity contribution in [2.45, 2.75) is 20.4 Å². The molecule has 0 aliphatic heterocycles. The van der Waals surface area contributed by atoms with E-state index in [1.807, 2.05) is 19.2 Å². The lowest BCUT2D eigenvalue weighted by molar-refractivity contribution is 0.131. The molecule has 0 amide bonds. The molecule has 0 unspecified atom stereocenters. The Hall–Kier alpha value is -0.825. The highest BCUT2D eigenvalue weighted by Gasteiger charge is 1.94. The smallest absolute Gasteiger partial charge is 0.156 e. The van der Waals surface area contributed by atoms with Gasteiger partial charge in [-0.25, -0.2) is 0 Å². The second-order valence-corrected chi connectivity index (χ2v) is 2.65. The fraction of sp³-hybridized carbons (Fsp3) is 0.444. The van der Waals surface area contributed by atoms with E-state index < -0.39 is 0 Å². The van der Waals surface area contributed by atoms with Gasteiger partial charge in [0.15, 0.2) is 7.28 Å². The zero-order chi connectivity index (χ0) is 8.81. The molecule has 0 aromatic carbocycles. The van der Waals surface area contributed by atoms with Crippen molar-refractivity contribution in [1.82, 2.24) is 4.98 Å². The molecule has 1 rings (SSSR count). The number of nitrogens with zero attached hydrogens (tertiary/aromatic N) is 1.